The normalized spacial score (nSPS) is 11.7. The topological polar surface area (TPSA) is 44.8 Å². The van der Waals surface area contributed by atoms with Crippen LogP contribution in [0, 0.1) is 0 Å². The minimum atomic E-state index is -4.71. The molecule has 1 N–H and O–H groups in total. The summed E-state index contributed by atoms with van der Waals surface area (Å²) in [5, 5.41) is 2.84. The molecule has 0 saturated heterocycles. The summed E-state index contributed by atoms with van der Waals surface area (Å²) in [6, 6.07) is 5.78. The highest BCUT2D eigenvalue weighted by Crippen LogP contribution is 2.22. The zero-order chi connectivity index (χ0) is 19.7. The van der Waals surface area contributed by atoms with Crippen molar-refractivity contribution < 1.29 is 22.7 Å². The first-order valence-corrected chi connectivity index (χ1v) is 8.62. The summed E-state index contributed by atoms with van der Waals surface area (Å²) >= 11 is 0. The van der Waals surface area contributed by atoms with Crippen LogP contribution in [-0.2, 0) is 6.54 Å². The Hall–Kier alpha value is -1.96. The van der Waals surface area contributed by atoms with Crippen molar-refractivity contribution in [2.45, 2.75) is 45.6 Å². The van der Waals surface area contributed by atoms with E-state index in [9.17, 15) is 18.0 Å². The molecule has 0 aromatic heterocycles. The lowest BCUT2D eigenvalue weighted by Gasteiger charge is -2.21. The Kier molecular flexibility index (Phi) is 8.71. The van der Waals surface area contributed by atoms with Crippen molar-refractivity contribution in [3.8, 4) is 5.75 Å². The highest BCUT2D eigenvalue weighted by Gasteiger charge is 2.30. The number of hydrogen-bond acceptors (Lipinski definition) is 3. The van der Waals surface area contributed by atoms with E-state index in [1.54, 1.807) is 7.05 Å². The van der Waals surface area contributed by atoms with E-state index in [1.165, 1.54) is 29.2 Å². The lowest BCUT2D eigenvalue weighted by atomic mass is 10.2. The van der Waals surface area contributed by atoms with Crippen molar-refractivity contribution in [1.82, 2.24) is 15.1 Å². The van der Waals surface area contributed by atoms with Crippen molar-refractivity contribution in [3.63, 3.8) is 0 Å². The van der Waals surface area contributed by atoms with E-state index in [-0.39, 0.29) is 11.8 Å². The molecule has 0 bridgehead atoms. The number of nitrogens with one attached hydrogen (secondary N) is 1. The lowest BCUT2D eigenvalue weighted by Crippen LogP contribution is -2.37. The number of amides is 2. The van der Waals surface area contributed by atoms with Crippen molar-refractivity contribution in [2.75, 3.05) is 27.2 Å². The Bertz CT molecular complexity index is 548. The summed E-state index contributed by atoms with van der Waals surface area (Å²) in [7, 11) is 3.71. The van der Waals surface area contributed by atoms with E-state index in [1.807, 2.05) is 0 Å². The SMILES string of the molecule is CC(C)N(C)CCCCNC(=O)N(C)Cc1ccc(OC(F)(F)F)cc1. The predicted octanol–water partition coefficient (Wildman–Crippen LogP) is 3.85. The van der Waals surface area contributed by atoms with Gasteiger partial charge in [-0.3, -0.25) is 0 Å². The minimum absolute atomic E-state index is 0.210. The Morgan fingerprint density at radius 2 is 1.77 bits per heavy atom. The summed E-state index contributed by atoms with van der Waals surface area (Å²) in [5.41, 5.74) is 0.718. The van der Waals surface area contributed by atoms with Gasteiger partial charge in [0.2, 0.25) is 0 Å². The van der Waals surface area contributed by atoms with Gasteiger partial charge in [0.15, 0.2) is 0 Å². The van der Waals surface area contributed by atoms with Crippen molar-refractivity contribution in [3.05, 3.63) is 29.8 Å². The number of nitrogens with zero attached hydrogens (tertiary/aromatic N) is 2. The maximum Gasteiger partial charge on any atom is 0.573 e. The minimum Gasteiger partial charge on any atom is -0.406 e. The molecule has 148 valence electrons. The summed E-state index contributed by atoms with van der Waals surface area (Å²) in [6.45, 7) is 6.15. The molecule has 26 heavy (non-hydrogen) atoms. The summed E-state index contributed by atoms with van der Waals surface area (Å²) in [6.07, 6.45) is -2.82. The monoisotopic (exact) mass is 375 g/mol. The summed E-state index contributed by atoms with van der Waals surface area (Å²) in [5.74, 6) is -0.278. The third-order valence-electron chi connectivity index (χ3n) is 4.02. The van der Waals surface area contributed by atoms with Crippen molar-refractivity contribution in [1.29, 1.82) is 0 Å². The molecule has 0 heterocycles. The molecule has 0 spiro atoms. The van der Waals surface area contributed by atoms with Gasteiger partial charge in [0.1, 0.15) is 5.75 Å². The van der Waals surface area contributed by atoms with Gasteiger partial charge in [-0.15, -0.1) is 13.2 Å². The van der Waals surface area contributed by atoms with Crippen LogP contribution in [0.2, 0.25) is 0 Å². The molecule has 1 aromatic rings. The number of rotatable bonds is 9. The molecule has 0 aliphatic rings. The van der Waals surface area contributed by atoms with Crippen LogP contribution < -0.4 is 10.1 Å². The van der Waals surface area contributed by atoms with E-state index in [2.05, 4.69) is 35.8 Å². The fourth-order valence-corrected chi connectivity index (χ4v) is 2.22. The molecule has 2 amide bonds. The van der Waals surface area contributed by atoms with Gasteiger partial charge < -0.3 is 19.9 Å². The van der Waals surface area contributed by atoms with Crippen LogP contribution in [-0.4, -0.2) is 55.4 Å². The number of carbonyl (C=O) groups is 1. The van der Waals surface area contributed by atoms with Gasteiger partial charge in [-0.05, 0) is 58.0 Å². The van der Waals surface area contributed by atoms with E-state index in [0.29, 0.717) is 19.1 Å². The van der Waals surface area contributed by atoms with Crippen LogP contribution in [0.4, 0.5) is 18.0 Å². The second-order valence-corrected chi connectivity index (χ2v) is 6.56. The molecule has 1 aromatic carbocycles. The van der Waals surface area contributed by atoms with Crippen LogP contribution in [0.15, 0.2) is 24.3 Å². The fourth-order valence-electron chi connectivity index (χ4n) is 2.22. The maximum atomic E-state index is 12.1. The molecule has 8 heteroatoms. The predicted molar refractivity (Wildman–Crippen MR) is 95.0 cm³/mol. The quantitative estimate of drug-likeness (QED) is 0.667. The molecule has 0 atom stereocenters. The van der Waals surface area contributed by atoms with Crippen LogP contribution in [0.5, 0.6) is 5.75 Å². The second kappa shape index (κ2) is 10.3. The second-order valence-electron chi connectivity index (χ2n) is 6.56. The van der Waals surface area contributed by atoms with E-state index >= 15 is 0 Å². The van der Waals surface area contributed by atoms with E-state index in [4.69, 9.17) is 0 Å². The molecule has 1 rings (SSSR count). The van der Waals surface area contributed by atoms with E-state index < -0.39 is 6.36 Å². The number of benzene rings is 1. The number of carbonyl (C=O) groups excluding carboxylic acids is 1. The third kappa shape index (κ3) is 8.94. The fraction of sp³-hybridized carbons (Fsp3) is 0.611. The van der Waals surface area contributed by atoms with Gasteiger partial charge in [-0.25, -0.2) is 4.79 Å². The molecular formula is C18H28F3N3O2. The van der Waals surface area contributed by atoms with Crippen molar-refractivity contribution >= 4 is 6.03 Å². The molecule has 0 unspecified atom stereocenters. The average Bonchev–Trinajstić information content (AvgIpc) is 2.54. The van der Waals surface area contributed by atoms with Crippen LogP contribution in [0.25, 0.3) is 0 Å². The zero-order valence-corrected chi connectivity index (χ0v) is 15.8. The summed E-state index contributed by atoms with van der Waals surface area (Å²) in [4.78, 5) is 15.8. The number of alkyl halides is 3. The Labute approximate surface area is 153 Å². The lowest BCUT2D eigenvalue weighted by molar-refractivity contribution is -0.274. The Balaban J connectivity index is 2.31. The average molecular weight is 375 g/mol. The first-order valence-electron chi connectivity index (χ1n) is 8.62. The zero-order valence-electron chi connectivity index (χ0n) is 15.8. The molecule has 0 aliphatic carbocycles. The summed E-state index contributed by atoms with van der Waals surface area (Å²) < 4.78 is 40.2. The molecule has 0 fully saturated rings. The number of hydrogen-bond donors (Lipinski definition) is 1. The third-order valence-corrected chi connectivity index (χ3v) is 4.02. The molecular weight excluding hydrogens is 347 g/mol. The van der Waals surface area contributed by atoms with Gasteiger partial charge in [-0.1, -0.05) is 12.1 Å². The van der Waals surface area contributed by atoms with Gasteiger partial charge in [0.25, 0.3) is 0 Å². The number of unbranched alkanes of at least 4 members (excludes halogenated alkanes) is 1. The highest BCUT2D eigenvalue weighted by molar-refractivity contribution is 5.73. The molecule has 0 aliphatic heterocycles. The van der Waals surface area contributed by atoms with Gasteiger partial charge in [0.05, 0.1) is 0 Å². The molecule has 0 radical (unpaired) electrons. The molecule has 0 saturated carbocycles. The largest absolute Gasteiger partial charge is 0.573 e. The molecule has 5 nitrogen and oxygen atoms in total. The Morgan fingerprint density at radius 3 is 2.31 bits per heavy atom. The van der Waals surface area contributed by atoms with Gasteiger partial charge >= 0.3 is 12.4 Å². The van der Waals surface area contributed by atoms with Gasteiger partial charge in [0, 0.05) is 26.2 Å². The van der Waals surface area contributed by atoms with Crippen LogP contribution in [0.3, 0.4) is 0 Å². The number of halogens is 3. The number of ether oxygens (including phenoxy) is 1. The first-order chi connectivity index (χ1) is 12.1. The number of urea groups is 1. The first kappa shape index (κ1) is 22.1. The van der Waals surface area contributed by atoms with Gasteiger partial charge in [-0.2, -0.15) is 0 Å². The van der Waals surface area contributed by atoms with E-state index in [0.717, 1.165) is 24.9 Å². The van der Waals surface area contributed by atoms with Crippen LogP contribution >= 0.6 is 0 Å². The highest BCUT2D eigenvalue weighted by atomic mass is 19.4. The smallest absolute Gasteiger partial charge is 0.406 e. The standard InChI is InChI=1S/C18H28F3N3O2/c1-14(2)23(3)12-6-5-11-22-17(25)24(4)13-15-7-9-16(10-8-15)26-18(19,20)21/h7-10,14H,5-6,11-13H2,1-4H3,(H,22,25). The van der Waals surface area contributed by atoms with Crippen molar-refractivity contribution in [2.24, 2.45) is 0 Å². The van der Waals surface area contributed by atoms with Crippen LogP contribution in [0.1, 0.15) is 32.3 Å². The Morgan fingerprint density at radius 1 is 1.15 bits per heavy atom. The maximum absolute atomic E-state index is 12.1.